The summed E-state index contributed by atoms with van der Waals surface area (Å²) in [4.78, 5) is 0. The van der Waals surface area contributed by atoms with Gasteiger partial charge in [0, 0.05) is 6.54 Å². The number of halogens is 3. The Morgan fingerprint density at radius 3 is 2.38 bits per heavy atom. The van der Waals surface area contributed by atoms with Crippen molar-refractivity contribution in [3.63, 3.8) is 0 Å². The van der Waals surface area contributed by atoms with Gasteiger partial charge in [0.1, 0.15) is 6.04 Å². The Hall–Kier alpha value is -0.980. The molecule has 0 aliphatic carbocycles. The molecule has 4 nitrogen and oxygen atoms in total. The van der Waals surface area contributed by atoms with Gasteiger partial charge in [-0.25, -0.2) is 0 Å². The van der Waals surface area contributed by atoms with Gasteiger partial charge in [-0.15, -0.1) is 0 Å². The lowest BCUT2D eigenvalue weighted by molar-refractivity contribution is -0.148. The molecule has 0 aromatic carbocycles. The number of alkyl halides is 3. The van der Waals surface area contributed by atoms with Gasteiger partial charge in [-0.05, 0) is 12.8 Å². The van der Waals surface area contributed by atoms with Crippen LogP contribution in [0.25, 0.3) is 0 Å². The van der Waals surface area contributed by atoms with Crippen molar-refractivity contribution in [3.05, 3.63) is 0 Å². The molecule has 0 spiro atoms. The van der Waals surface area contributed by atoms with Crippen LogP contribution < -0.4 is 16.8 Å². The Balaban J connectivity index is 3.49. The van der Waals surface area contributed by atoms with Crippen LogP contribution in [0, 0.1) is 5.41 Å². The number of hydrogen-bond donors (Lipinski definition) is 4. The maximum Gasteiger partial charge on any atom is 0.403 e. The summed E-state index contributed by atoms with van der Waals surface area (Å²) in [6.45, 7) is 0.235. The molecule has 1 unspecified atom stereocenters. The van der Waals surface area contributed by atoms with Crippen LogP contribution in [0.5, 0.6) is 0 Å². The monoisotopic (exact) mass is 198 g/mol. The SMILES string of the molecule is N=C(N)NCCCC(N)C(F)(F)F. The van der Waals surface area contributed by atoms with E-state index in [9.17, 15) is 13.2 Å². The second kappa shape index (κ2) is 4.90. The lowest BCUT2D eigenvalue weighted by Crippen LogP contribution is -2.38. The summed E-state index contributed by atoms with van der Waals surface area (Å²) >= 11 is 0. The van der Waals surface area contributed by atoms with E-state index in [1.807, 2.05) is 0 Å². The van der Waals surface area contributed by atoms with Crippen molar-refractivity contribution in [1.29, 1.82) is 5.41 Å². The molecule has 0 aliphatic rings. The lowest BCUT2D eigenvalue weighted by atomic mass is 10.1. The second-order valence-corrected chi connectivity index (χ2v) is 2.63. The highest BCUT2D eigenvalue weighted by atomic mass is 19.4. The van der Waals surface area contributed by atoms with Crippen molar-refractivity contribution in [3.8, 4) is 0 Å². The number of nitrogens with one attached hydrogen (secondary N) is 2. The molecule has 0 aromatic rings. The molecule has 0 bridgehead atoms. The van der Waals surface area contributed by atoms with Gasteiger partial charge < -0.3 is 16.8 Å². The van der Waals surface area contributed by atoms with E-state index in [1.165, 1.54) is 0 Å². The average molecular weight is 198 g/mol. The van der Waals surface area contributed by atoms with Crippen LogP contribution in [-0.4, -0.2) is 24.7 Å². The molecule has 0 aromatic heterocycles. The Morgan fingerprint density at radius 1 is 1.46 bits per heavy atom. The first kappa shape index (κ1) is 12.0. The van der Waals surface area contributed by atoms with Gasteiger partial charge in [0.15, 0.2) is 5.96 Å². The molecule has 0 saturated heterocycles. The average Bonchev–Trinajstić information content (AvgIpc) is 1.95. The van der Waals surface area contributed by atoms with Crippen LogP contribution in [0.4, 0.5) is 13.2 Å². The van der Waals surface area contributed by atoms with Crippen molar-refractivity contribution in [2.24, 2.45) is 11.5 Å². The van der Waals surface area contributed by atoms with Gasteiger partial charge in [0.2, 0.25) is 0 Å². The Kier molecular flexibility index (Phi) is 4.53. The Bertz CT molecular complexity index is 168. The highest BCUT2D eigenvalue weighted by Crippen LogP contribution is 2.21. The summed E-state index contributed by atoms with van der Waals surface area (Å²) in [7, 11) is 0. The van der Waals surface area contributed by atoms with Crippen LogP contribution in [0.3, 0.4) is 0 Å². The summed E-state index contributed by atoms with van der Waals surface area (Å²) in [5.41, 5.74) is 9.74. The fourth-order valence-corrected chi connectivity index (χ4v) is 0.709. The number of guanidine groups is 1. The van der Waals surface area contributed by atoms with Gasteiger partial charge in [-0.2, -0.15) is 13.2 Å². The zero-order valence-electron chi connectivity index (χ0n) is 6.99. The summed E-state index contributed by atoms with van der Waals surface area (Å²) in [5, 5.41) is 9.11. The first-order chi connectivity index (χ1) is 5.84. The summed E-state index contributed by atoms with van der Waals surface area (Å²) in [6.07, 6.45) is -4.26. The zero-order valence-corrected chi connectivity index (χ0v) is 6.99. The Morgan fingerprint density at radius 2 is 2.00 bits per heavy atom. The first-order valence-electron chi connectivity index (χ1n) is 3.74. The van der Waals surface area contributed by atoms with Crippen LogP contribution in [0.1, 0.15) is 12.8 Å². The third-order valence-corrected chi connectivity index (χ3v) is 1.43. The predicted octanol–water partition coefficient (Wildman–Crippen LogP) is 0.139. The maximum atomic E-state index is 11.8. The van der Waals surface area contributed by atoms with Crippen LogP contribution >= 0.6 is 0 Å². The van der Waals surface area contributed by atoms with Crippen molar-refractivity contribution >= 4 is 5.96 Å². The molecule has 6 N–H and O–H groups in total. The van der Waals surface area contributed by atoms with Crippen molar-refractivity contribution < 1.29 is 13.2 Å². The second-order valence-electron chi connectivity index (χ2n) is 2.63. The highest BCUT2D eigenvalue weighted by molar-refractivity contribution is 5.74. The normalized spacial score (nSPS) is 13.8. The molecule has 0 rings (SSSR count). The van der Waals surface area contributed by atoms with Gasteiger partial charge in [0.25, 0.3) is 0 Å². The quantitative estimate of drug-likeness (QED) is 0.294. The van der Waals surface area contributed by atoms with E-state index in [4.69, 9.17) is 16.9 Å². The minimum absolute atomic E-state index is 0.163. The smallest absolute Gasteiger partial charge is 0.370 e. The number of nitrogens with two attached hydrogens (primary N) is 2. The molecule has 78 valence electrons. The van der Waals surface area contributed by atoms with Gasteiger partial charge in [0.05, 0.1) is 0 Å². The van der Waals surface area contributed by atoms with Crippen molar-refractivity contribution in [1.82, 2.24) is 5.32 Å². The first-order valence-corrected chi connectivity index (χ1v) is 3.74. The van der Waals surface area contributed by atoms with E-state index in [-0.39, 0.29) is 25.3 Å². The molecule has 0 heterocycles. The predicted molar refractivity (Wildman–Crippen MR) is 43.2 cm³/mol. The molecular formula is C6H13F3N4. The molecule has 0 saturated carbocycles. The van der Waals surface area contributed by atoms with Gasteiger partial charge in [-0.3, -0.25) is 5.41 Å². The Labute approximate surface area is 74.0 Å². The van der Waals surface area contributed by atoms with Gasteiger partial charge >= 0.3 is 6.18 Å². The van der Waals surface area contributed by atoms with E-state index in [2.05, 4.69) is 5.32 Å². The maximum absolute atomic E-state index is 11.8. The van der Waals surface area contributed by atoms with Crippen LogP contribution in [-0.2, 0) is 0 Å². The summed E-state index contributed by atoms with van der Waals surface area (Å²) in [6, 6.07) is -1.79. The van der Waals surface area contributed by atoms with Crippen molar-refractivity contribution in [2.45, 2.75) is 25.1 Å². The summed E-state index contributed by atoms with van der Waals surface area (Å²) < 4.78 is 35.5. The van der Waals surface area contributed by atoms with E-state index < -0.39 is 12.2 Å². The van der Waals surface area contributed by atoms with Crippen LogP contribution in [0.15, 0.2) is 0 Å². The van der Waals surface area contributed by atoms with E-state index >= 15 is 0 Å². The molecule has 0 fully saturated rings. The molecule has 0 radical (unpaired) electrons. The van der Waals surface area contributed by atoms with E-state index in [0.717, 1.165) is 0 Å². The van der Waals surface area contributed by atoms with E-state index in [1.54, 1.807) is 0 Å². The zero-order chi connectivity index (χ0) is 10.5. The molecule has 7 heteroatoms. The lowest BCUT2D eigenvalue weighted by Gasteiger charge is -2.15. The third kappa shape index (κ3) is 6.21. The molecule has 1 atom stereocenters. The third-order valence-electron chi connectivity index (χ3n) is 1.43. The minimum atomic E-state index is -4.34. The van der Waals surface area contributed by atoms with Gasteiger partial charge in [-0.1, -0.05) is 0 Å². The standard InChI is InChI=1S/C6H13F3N4/c7-6(8,9)4(10)2-1-3-13-5(11)12/h4H,1-3,10H2,(H4,11,12,13). The number of rotatable bonds is 4. The topological polar surface area (TPSA) is 87.9 Å². The van der Waals surface area contributed by atoms with Crippen molar-refractivity contribution in [2.75, 3.05) is 6.54 Å². The molecule has 13 heavy (non-hydrogen) atoms. The minimum Gasteiger partial charge on any atom is -0.370 e. The largest absolute Gasteiger partial charge is 0.403 e. The van der Waals surface area contributed by atoms with E-state index in [0.29, 0.717) is 0 Å². The molecule has 0 amide bonds. The highest BCUT2D eigenvalue weighted by Gasteiger charge is 2.35. The van der Waals surface area contributed by atoms with Crippen LogP contribution in [0.2, 0.25) is 0 Å². The fourth-order valence-electron chi connectivity index (χ4n) is 0.709. The molecule has 0 aliphatic heterocycles. The summed E-state index contributed by atoms with van der Waals surface area (Å²) in [5.74, 6) is -0.249. The number of hydrogen-bond acceptors (Lipinski definition) is 2. The molecular weight excluding hydrogens is 185 g/mol. The fraction of sp³-hybridized carbons (Fsp3) is 0.833.